The zero-order chi connectivity index (χ0) is 25.8. The first-order valence-corrected chi connectivity index (χ1v) is 12.8. The summed E-state index contributed by atoms with van der Waals surface area (Å²) >= 11 is 12.9. The molecule has 3 aromatic rings. The predicted molar refractivity (Wildman–Crippen MR) is 140 cm³/mol. The van der Waals surface area contributed by atoms with Crippen molar-refractivity contribution in [3.05, 3.63) is 69.1 Å². The van der Waals surface area contributed by atoms with E-state index in [1.165, 1.54) is 12.1 Å². The number of benzene rings is 2. The summed E-state index contributed by atoms with van der Waals surface area (Å²) in [6.45, 7) is 4.57. The summed E-state index contributed by atoms with van der Waals surface area (Å²) in [5, 5.41) is 18.0. The van der Waals surface area contributed by atoms with E-state index in [-0.39, 0.29) is 17.3 Å². The van der Waals surface area contributed by atoms with Gasteiger partial charge >= 0.3 is 5.97 Å². The third kappa shape index (κ3) is 5.97. The van der Waals surface area contributed by atoms with Gasteiger partial charge in [-0.1, -0.05) is 48.3 Å². The summed E-state index contributed by atoms with van der Waals surface area (Å²) in [6.07, 6.45) is 4.20. The highest BCUT2D eigenvalue weighted by atomic mass is 35.5. The van der Waals surface area contributed by atoms with Crippen molar-refractivity contribution in [2.45, 2.75) is 64.5 Å². The van der Waals surface area contributed by atoms with Crippen molar-refractivity contribution in [3.8, 4) is 11.3 Å². The van der Waals surface area contributed by atoms with E-state index in [0.717, 1.165) is 42.4 Å². The van der Waals surface area contributed by atoms with Crippen molar-refractivity contribution >= 4 is 40.6 Å². The lowest BCUT2D eigenvalue weighted by molar-refractivity contribution is 0.0696. The van der Waals surface area contributed by atoms with Gasteiger partial charge in [0.2, 0.25) is 0 Å². The fraction of sp³-hybridized carbons (Fsp3) is 0.370. The average molecular weight is 532 g/mol. The van der Waals surface area contributed by atoms with Gasteiger partial charge in [0.05, 0.1) is 21.3 Å². The zero-order valence-corrected chi connectivity index (χ0v) is 21.7. The van der Waals surface area contributed by atoms with Crippen molar-refractivity contribution in [2.24, 2.45) is 4.99 Å². The molecule has 1 unspecified atom stereocenters. The zero-order valence-electron chi connectivity index (χ0n) is 20.2. The molecule has 1 atom stereocenters. The molecule has 1 aliphatic carbocycles. The number of carboxylic acid groups (broad SMARTS) is 1. The number of carboxylic acids is 1. The normalized spacial score (nSPS) is 14.8. The van der Waals surface area contributed by atoms with E-state index in [9.17, 15) is 9.18 Å². The second-order valence-electron chi connectivity index (χ2n) is 8.94. The van der Waals surface area contributed by atoms with Gasteiger partial charge in [0.15, 0.2) is 0 Å². The molecule has 0 bridgehead atoms. The molecule has 1 heterocycles. The molecule has 0 saturated heterocycles. The van der Waals surface area contributed by atoms with E-state index in [2.05, 4.69) is 22.4 Å². The molecular formula is C27H28Cl2FN3O3. The van der Waals surface area contributed by atoms with Crippen LogP contribution in [0.5, 0.6) is 0 Å². The third-order valence-electron chi connectivity index (χ3n) is 6.39. The molecule has 1 fully saturated rings. The predicted octanol–water partition coefficient (Wildman–Crippen LogP) is 7.80. The molecule has 36 heavy (non-hydrogen) atoms. The van der Waals surface area contributed by atoms with Gasteiger partial charge in [-0.25, -0.2) is 9.18 Å². The molecule has 0 spiro atoms. The SMILES string of the molecule is CCC(CC(CC)NCc1c(-c2c(Cl)cccc2Cl)noc1C1CC1)=Nc1ccc(C(=O)O)cc1F. The maximum atomic E-state index is 14.4. The molecule has 4 rings (SSSR count). The van der Waals surface area contributed by atoms with Crippen LogP contribution in [0.2, 0.25) is 10.0 Å². The molecule has 2 aromatic carbocycles. The first-order chi connectivity index (χ1) is 17.3. The number of rotatable bonds is 11. The number of hydrogen-bond acceptors (Lipinski definition) is 5. The second-order valence-corrected chi connectivity index (χ2v) is 9.75. The van der Waals surface area contributed by atoms with E-state index < -0.39 is 11.8 Å². The molecule has 1 aliphatic rings. The molecular weight excluding hydrogens is 504 g/mol. The fourth-order valence-electron chi connectivity index (χ4n) is 4.14. The van der Waals surface area contributed by atoms with E-state index in [1.807, 2.05) is 6.92 Å². The largest absolute Gasteiger partial charge is 0.478 e. The summed E-state index contributed by atoms with van der Waals surface area (Å²) in [6, 6.07) is 9.20. The van der Waals surface area contributed by atoms with Gasteiger partial charge in [-0.05, 0) is 56.0 Å². The van der Waals surface area contributed by atoms with Gasteiger partial charge < -0.3 is 14.9 Å². The van der Waals surface area contributed by atoms with Crippen LogP contribution in [-0.2, 0) is 6.54 Å². The van der Waals surface area contributed by atoms with Crippen LogP contribution in [0.1, 0.15) is 73.6 Å². The van der Waals surface area contributed by atoms with Crippen molar-refractivity contribution in [3.63, 3.8) is 0 Å². The van der Waals surface area contributed by atoms with Gasteiger partial charge in [-0.15, -0.1) is 0 Å². The van der Waals surface area contributed by atoms with Gasteiger partial charge in [0, 0.05) is 41.8 Å². The Labute approximate surface area is 219 Å². The number of aliphatic imine (C=N–C) groups is 1. The lowest BCUT2D eigenvalue weighted by Gasteiger charge is -2.18. The van der Waals surface area contributed by atoms with E-state index in [0.29, 0.717) is 46.6 Å². The minimum Gasteiger partial charge on any atom is -0.478 e. The molecule has 9 heteroatoms. The highest BCUT2D eigenvalue weighted by Gasteiger charge is 2.33. The van der Waals surface area contributed by atoms with Crippen LogP contribution >= 0.6 is 23.2 Å². The number of aromatic nitrogens is 1. The minimum atomic E-state index is -1.17. The topological polar surface area (TPSA) is 87.7 Å². The van der Waals surface area contributed by atoms with Crippen LogP contribution < -0.4 is 5.32 Å². The number of halogens is 3. The Hall–Kier alpha value is -2.74. The Kier molecular flexibility index (Phi) is 8.44. The van der Waals surface area contributed by atoms with Gasteiger partial charge in [-0.2, -0.15) is 0 Å². The quantitative estimate of drug-likeness (QED) is 0.246. The van der Waals surface area contributed by atoms with Crippen LogP contribution in [0.15, 0.2) is 45.9 Å². The molecule has 0 amide bonds. The van der Waals surface area contributed by atoms with Crippen molar-refractivity contribution in [2.75, 3.05) is 0 Å². The first kappa shape index (κ1) is 26.3. The second kappa shape index (κ2) is 11.5. The number of hydrogen-bond donors (Lipinski definition) is 2. The molecule has 6 nitrogen and oxygen atoms in total. The Morgan fingerprint density at radius 1 is 1.25 bits per heavy atom. The van der Waals surface area contributed by atoms with Crippen molar-refractivity contribution < 1.29 is 18.8 Å². The summed E-state index contributed by atoms with van der Waals surface area (Å²) < 4.78 is 20.2. The lowest BCUT2D eigenvalue weighted by atomic mass is 10.0. The van der Waals surface area contributed by atoms with Gasteiger partial charge in [-0.3, -0.25) is 4.99 Å². The molecule has 1 saturated carbocycles. The van der Waals surface area contributed by atoms with Crippen molar-refractivity contribution in [1.29, 1.82) is 0 Å². The maximum Gasteiger partial charge on any atom is 0.335 e. The monoisotopic (exact) mass is 531 g/mol. The van der Waals surface area contributed by atoms with Crippen molar-refractivity contribution in [1.82, 2.24) is 10.5 Å². The lowest BCUT2D eigenvalue weighted by Crippen LogP contribution is -2.30. The van der Waals surface area contributed by atoms with E-state index in [4.69, 9.17) is 32.8 Å². The molecule has 0 aliphatic heterocycles. The highest BCUT2D eigenvalue weighted by molar-refractivity contribution is 6.39. The number of nitrogens with one attached hydrogen (secondary N) is 1. The highest BCUT2D eigenvalue weighted by Crippen LogP contribution is 2.45. The van der Waals surface area contributed by atoms with Gasteiger partial charge in [0.25, 0.3) is 0 Å². The third-order valence-corrected chi connectivity index (χ3v) is 7.02. The summed E-state index contributed by atoms with van der Waals surface area (Å²) in [4.78, 5) is 15.6. The molecule has 1 aromatic heterocycles. The van der Waals surface area contributed by atoms with Crippen LogP contribution in [-0.4, -0.2) is 28.0 Å². The first-order valence-electron chi connectivity index (χ1n) is 12.1. The molecule has 2 N–H and O–H groups in total. The molecule has 0 radical (unpaired) electrons. The number of carbonyl (C=O) groups is 1. The standard InChI is InChI=1S/C27H28Cl2FN3O3/c1-3-17(13-18(4-2)32-23-11-10-16(27(34)35)12-22(23)30)31-14-19-25(33-36-26(19)15-8-9-15)24-20(28)6-5-7-21(24)29/h5-7,10-12,15,17,31H,3-4,8-9,13-14H2,1-2H3,(H,34,35). The Bertz CT molecular complexity index is 1270. The average Bonchev–Trinajstić information content (AvgIpc) is 3.62. The van der Waals surface area contributed by atoms with Crippen LogP contribution in [0.25, 0.3) is 11.3 Å². The maximum absolute atomic E-state index is 14.4. The van der Waals surface area contributed by atoms with Gasteiger partial charge in [0.1, 0.15) is 17.3 Å². The summed E-state index contributed by atoms with van der Waals surface area (Å²) in [5.41, 5.74) is 3.12. The van der Waals surface area contributed by atoms with E-state index in [1.54, 1.807) is 18.2 Å². The minimum absolute atomic E-state index is 0.0709. The Morgan fingerprint density at radius 3 is 2.56 bits per heavy atom. The number of nitrogens with zero attached hydrogens (tertiary/aromatic N) is 2. The number of aromatic carboxylic acids is 1. The molecule has 190 valence electrons. The van der Waals surface area contributed by atoms with Crippen LogP contribution in [0.3, 0.4) is 0 Å². The van der Waals surface area contributed by atoms with E-state index >= 15 is 0 Å². The Morgan fingerprint density at radius 2 is 1.97 bits per heavy atom. The summed E-state index contributed by atoms with van der Waals surface area (Å²) in [7, 11) is 0. The van der Waals surface area contributed by atoms with Crippen LogP contribution in [0.4, 0.5) is 10.1 Å². The Balaban J connectivity index is 1.54. The summed E-state index contributed by atoms with van der Waals surface area (Å²) in [5.74, 6) is -0.601. The smallest absolute Gasteiger partial charge is 0.335 e. The fourth-order valence-corrected chi connectivity index (χ4v) is 4.72. The van der Waals surface area contributed by atoms with Crippen LogP contribution in [0, 0.1) is 5.82 Å².